The van der Waals surface area contributed by atoms with Crippen LogP contribution in [-0.2, 0) is 9.09 Å². The molecule has 0 heterocycles. The number of hydrogen-bond acceptors (Lipinski definition) is 3. The molecule has 0 amide bonds. The third kappa shape index (κ3) is 6.06. The van der Waals surface area contributed by atoms with Crippen molar-refractivity contribution in [3.8, 4) is 0 Å². The second-order valence-electron chi connectivity index (χ2n) is 2.66. The van der Waals surface area contributed by atoms with Crippen molar-refractivity contribution in [3.05, 3.63) is 0 Å². The van der Waals surface area contributed by atoms with E-state index in [-0.39, 0.29) is 0 Å². The topological polar surface area (TPSA) is 52.3 Å². The van der Waals surface area contributed by atoms with Gasteiger partial charge in [0.15, 0.2) is 0 Å². The summed E-state index contributed by atoms with van der Waals surface area (Å²) in [6.07, 6.45) is 2.11. The Balaban J connectivity index is 3.79. The Bertz CT molecular complexity index is 165. The molecule has 0 aliphatic rings. The van der Waals surface area contributed by atoms with Crippen LogP contribution < -0.4 is 5.50 Å². The van der Waals surface area contributed by atoms with E-state index in [1.807, 2.05) is 6.92 Å². The van der Waals surface area contributed by atoms with E-state index in [4.69, 9.17) is 10.0 Å². The second-order valence-corrected chi connectivity index (χ2v) is 7.18. The Morgan fingerprint density at radius 3 is 2.58 bits per heavy atom. The van der Waals surface area contributed by atoms with E-state index >= 15 is 0 Å². The predicted octanol–water partition coefficient (Wildman–Crippen LogP) is 3.01. The summed E-state index contributed by atoms with van der Waals surface area (Å²) in [7, 11) is 0. The molecular formula is C7H18NO2PS. The van der Waals surface area contributed by atoms with Gasteiger partial charge in [0, 0.05) is 5.25 Å². The van der Waals surface area contributed by atoms with Crippen LogP contribution in [0.2, 0.25) is 0 Å². The van der Waals surface area contributed by atoms with Crippen molar-refractivity contribution in [3.63, 3.8) is 0 Å². The molecule has 5 heteroatoms. The molecule has 0 saturated carbocycles. The number of rotatable bonds is 6. The molecule has 2 atom stereocenters. The van der Waals surface area contributed by atoms with Crippen LogP contribution in [0, 0.1) is 0 Å². The number of hydrogen-bond donors (Lipinski definition) is 1. The molecule has 0 aromatic carbocycles. The normalized spacial score (nSPS) is 18.7. The van der Waals surface area contributed by atoms with Crippen LogP contribution in [0.5, 0.6) is 0 Å². The van der Waals surface area contributed by atoms with Gasteiger partial charge in [-0.05, 0) is 13.3 Å². The van der Waals surface area contributed by atoms with Crippen molar-refractivity contribution >= 4 is 18.1 Å². The van der Waals surface area contributed by atoms with Crippen molar-refractivity contribution in [2.75, 3.05) is 6.61 Å². The maximum absolute atomic E-state index is 11.4. The smallest absolute Gasteiger partial charge is 0.310 e. The zero-order valence-corrected chi connectivity index (χ0v) is 9.66. The fraction of sp³-hybridized carbons (Fsp3) is 1.00. The van der Waals surface area contributed by atoms with Gasteiger partial charge < -0.3 is 4.52 Å². The standard InChI is InChI=1S/C7H18NO2PS/c1-4-6-7(3)12-11(8,9)10-5-2/h7H,4-6H2,1-3H3,(H2,8,9). The first-order valence-electron chi connectivity index (χ1n) is 4.23. The van der Waals surface area contributed by atoms with Gasteiger partial charge in [0.25, 0.3) is 0 Å². The monoisotopic (exact) mass is 211 g/mol. The molecule has 0 aromatic heterocycles. The van der Waals surface area contributed by atoms with Crippen LogP contribution in [0.15, 0.2) is 0 Å². The zero-order chi connectivity index (χ0) is 9.61. The van der Waals surface area contributed by atoms with E-state index in [1.54, 1.807) is 6.92 Å². The van der Waals surface area contributed by atoms with Crippen molar-refractivity contribution in [2.24, 2.45) is 5.50 Å². The molecular weight excluding hydrogens is 193 g/mol. The fourth-order valence-corrected chi connectivity index (χ4v) is 4.50. The first kappa shape index (κ1) is 12.5. The third-order valence-electron chi connectivity index (χ3n) is 1.33. The van der Waals surface area contributed by atoms with Crippen molar-refractivity contribution in [1.82, 2.24) is 0 Å². The van der Waals surface area contributed by atoms with Gasteiger partial charge in [0.2, 0.25) is 0 Å². The molecule has 0 saturated heterocycles. The highest BCUT2D eigenvalue weighted by Crippen LogP contribution is 2.54. The van der Waals surface area contributed by atoms with Crippen LogP contribution in [0.4, 0.5) is 0 Å². The summed E-state index contributed by atoms with van der Waals surface area (Å²) >= 11 is 1.26. The van der Waals surface area contributed by atoms with Gasteiger partial charge >= 0.3 is 6.72 Å². The summed E-state index contributed by atoms with van der Waals surface area (Å²) in [6.45, 7) is 3.47. The Morgan fingerprint density at radius 1 is 1.58 bits per heavy atom. The largest absolute Gasteiger partial charge is 0.324 e. The molecule has 0 bridgehead atoms. The zero-order valence-electron chi connectivity index (χ0n) is 7.95. The van der Waals surface area contributed by atoms with E-state index in [0.717, 1.165) is 12.8 Å². The summed E-state index contributed by atoms with van der Waals surface area (Å²) in [5.74, 6) is 0. The molecule has 74 valence electrons. The second kappa shape index (κ2) is 6.03. The third-order valence-corrected chi connectivity index (χ3v) is 5.12. The Morgan fingerprint density at radius 2 is 2.17 bits per heavy atom. The molecule has 0 rings (SSSR count). The van der Waals surface area contributed by atoms with Gasteiger partial charge in [-0.1, -0.05) is 31.7 Å². The van der Waals surface area contributed by atoms with E-state index in [0.29, 0.717) is 11.9 Å². The molecule has 0 fully saturated rings. The highest BCUT2D eigenvalue weighted by atomic mass is 32.7. The van der Waals surface area contributed by atoms with Crippen molar-refractivity contribution in [1.29, 1.82) is 0 Å². The molecule has 0 aliphatic carbocycles. The van der Waals surface area contributed by atoms with Crippen LogP contribution in [0.3, 0.4) is 0 Å². The average molecular weight is 211 g/mol. The summed E-state index contributed by atoms with van der Waals surface area (Å²) in [4.78, 5) is 0. The Labute approximate surface area is 78.7 Å². The maximum Gasteiger partial charge on any atom is 0.324 e. The first-order valence-corrected chi connectivity index (χ1v) is 7.41. The lowest BCUT2D eigenvalue weighted by Crippen LogP contribution is -2.02. The highest BCUT2D eigenvalue weighted by molar-refractivity contribution is 8.56. The SMILES string of the molecule is CCCC(C)SP(N)(=O)OCC. The Hall–Kier alpha value is 0.500. The summed E-state index contributed by atoms with van der Waals surface area (Å²) in [5.41, 5.74) is 5.45. The molecule has 0 radical (unpaired) electrons. The number of nitrogens with two attached hydrogens (primary N) is 1. The molecule has 3 nitrogen and oxygen atoms in total. The molecule has 0 aromatic rings. The van der Waals surface area contributed by atoms with Crippen LogP contribution in [0.25, 0.3) is 0 Å². The van der Waals surface area contributed by atoms with Crippen molar-refractivity contribution < 1.29 is 9.09 Å². The van der Waals surface area contributed by atoms with Gasteiger partial charge in [-0.3, -0.25) is 10.1 Å². The summed E-state index contributed by atoms with van der Waals surface area (Å²) in [6, 6.07) is 0. The van der Waals surface area contributed by atoms with E-state index in [9.17, 15) is 4.57 Å². The summed E-state index contributed by atoms with van der Waals surface area (Å²) in [5, 5.41) is 0.317. The van der Waals surface area contributed by atoms with E-state index in [1.165, 1.54) is 11.4 Å². The molecule has 12 heavy (non-hydrogen) atoms. The Kier molecular flexibility index (Phi) is 6.28. The first-order chi connectivity index (χ1) is 5.52. The molecule has 2 unspecified atom stereocenters. The van der Waals surface area contributed by atoms with Gasteiger partial charge in [-0.25, -0.2) is 0 Å². The van der Waals surface area contributed by atoms with Crippen LogP contribution in [-0.4, -0.2) is 11.9 Å². The highest BCUT2D eigenvalue weighted by Gasteiger charge is 2.20. The molecule has 0 spiro atoms. The molecule has 0 aliphatic heterocycles. The minimum absolute atomic E-state index is 0.317. The summed E-state index contributed by atoms with van der Waals surface area (Å²) < 4.78 is 16.4. The lowest BCUT2D eigenvalue weighted by molar-refractivity contribution is 0.346. The predicted molar refractivity (Wildman–Crippen MR) is 55.4 cm³/mol. The fourth-order valence-electron chi connectivity index (χ4n) is 0.920. The average Bonchev–Trinajstić information content (AvgIpc) is 1.85. The van der Waals surface area contributed by atoms with E-state index < -0.39 is 6.72 Å². The minimum atomic E-state index is -2.86. The van der Waals surface area contributed by atoms with Gasteiger partial charge in [0.1, 0.15) is 0 Å². The van der Waals surface area contributed by atoms with Crippen LogP contribution >= 0.6 is 18.1 Å². The quantitative estimate of drug-likeness (QED) is 0.686. The van der Waals surface area contributed by atoms with Gasteiger partial charge in [-0.15, -0.1) is 0 Å². The van der Waals surface area contributed by atoms with Crippen molar-refractivity contribution in [2.45, 2.75) is 38.9 Å². The van der Waals surface area contributed by atoms with Gasteiger partial charge in [-0.2, -0.15) is 0 Å². The lowest BCUT2D eigenvalue weighted by Gasteiger charge is -2.15. The molecule has 2 N–H and O–H groups in total. The van der Waals surface area contributed by atoms with Gasteiger partial charge in [0.05, 0.1) is 6.61 Å². The minimum Gasteiger partial charge on any atom is -0.310 e. The lowest BCUT2D eigenvalue weighted by atomic mass is 10.3. The van der Waals surface area contributed by atoms with E-state index in [2.05, 4.69) is 6.92 Å². The van der Waals surface area contributed by atoms with Crippen LogP contribution in [0.1, 0.15) is 33.6 Å². The maximum atomic E-state index is 11.4.